The molecule has 0 amide bonds. The van der Waals surface area contributed by atoms with Crippen LogP contribution < -0.4 is 0 Å². The fourth-order valence-electron chi connectivity index (χ4n) is 3.98. The topological polar surface area (TPSA) is 80.9 Å². The highest BCUT2D eigenvalue weighted by Crippen LogP contribution is 2.41. The molecule has 150 valence electrons. The maximum absolute atomic E-state index is 10.6. The first-order valence-electron chi connectivity index (χ1n) is 9.57. The fraction of sp³-hybridized carbons (Fsp3) is 0.391. The lowest BCUT2D eigenvalue weighted by atomic mass is 9.70. The van der Waals surface area contributed by atoms with Gasteiger partial charge in [0, 0.05) is 16.9 Å². The first-order valence-corrected chi connectivity index (χ1v) is 9.95. The minimum atomic E-state index is -1.35. The van der Waals surface area contributed by atoms with Crippen molar-refractivity contribution in [1.82, 2.24) is 0 Å². The number of halogens is 1. The summed E-state index contributed by atoms with van der Waals surface area (Å²) in [7, 11) is 0. The molecule has 0 aromatic heterocycles. The summed E-state index contributed by atoms with van der Waals surface area (Å²) in [6.07, 6.45) is -2.18. The van der Waals surface area contributed by atoms with Crippen LogP contribution in [-0.4, -0.2) is 45.3 Å². The Morgan fingerprint density at radius 1 is 0.929 bits per heavy atom. The van der Waals surface area contributed by atoms with Crippen LogP contribution in [0, 0.1) is 5.92 Å². The van der Waals surface area contributed by atoms with E-state index in [0.29, 0.717) is 17.0 Å². The predicted octanol–water partition coefficient (Wildman–Crippen LogP) is 2.84. The number of hydrogen-bond donors (Lipinski definition) is 4. The normalized spacial score (nSPS) is 27.8. The van der Waals surface area contributed by atoms with Crippen molar-refractivity contribution in [2.75, 3.05) is 6.61 Å². The van der Waals surface area contributed by atoms with Crippen LogP contribution in [0.15, 0.2) is 54.6 Å². The van der Waals surface area contributed by atoms with Crippen molar-refractivity contribution in [3.8, 4) is 0 Å². The van der Waals surface area contributed by atoms with Crippen molar-refractivity contribution in [2.24, 2.45) is 5.92 Å². The molecule has 0 radical (unpaired) electrons. The molecule has 2 aromatic rings. The standard InChI is InChI=1S/C23H27ClO4/c1-3-14-4-6-15(7-5-14)10-17-11-16(8-9-19(17)24)20-13(2)18(12-25)21(26)23(28)22(20)27/h4-9,11,18,20-23,25-28H,2-3,10,12H2,1H3/t18-,20-,21+,22-,23-/m0/s1. The summed E-state index contributed by atoms with van der Waals surface area (Å²) >= 11 is 6.41. The van der Waals surface area contributed by atoms with Gasteiger partial charge >= 0.3 is 0 Å². The molecule has 4 nitrogen and oxygen atoms in total. The first kappa shape index (κ1) is 21.0. The molecule has 0 spiro atoms. The van der Waals surface area contributed by atoms with Gasteiger partial charge in [-0.2, -0.15) is 0 Å². The third-order valence-electron chi connectivity index (χ3n) is 5.78. The van der Waals surface area contributed by atoms with E-state index in [4.69, 9.17) is 11.6 Å². The Hall–Kier alpha value is -1.69. The fourth-order valence-corrected chi connectivity index (χ4v) is 4.16. The van der Waals surface area contributed by atoms with Crippen molar-refractivity contribution in [3.63, 3.8) is 0 Å². The Balaban J connectivity index is 1.92. The highest BCUT2D eigenvalue weighted by Gasteiger charge is 2.45. The summed E-state index contributed by atoms with van der Waals surface area (Å²) in [5.74, 6) is -1.28. The number of aliphatic hydroxyl groups excluding tert-OH is 4. The zero-order valence-electron chi connectivity index (χ0n) is 15.9. The summed E-state index contributed by atoms with van der Waals surface area (Å²) < 4.78 is 0. The molecule has 1 aliphatic carbocycles. The molecule has 1 aliphatic rings. The number of rotatable bonds is 5. The minimum Gasteiger partial charge on any atom is -0.396 e. The number of aryl methyl sites for hydroxylation is 1. The summed E-state index contributed by atoms with van der Waals surface area (Å²) in [4.78, 5) is 0. The zero-order valence-corrected chi connectivity index (χ0v) is 16.7. The Kier molecular flexibility index (Phi) is 6.58. The average molecular weight is 403 g/mol. The van der Waals surface area contributed by atoms with Gasteiger partial charge in [0.15, 0.2) is 0 Å². The third kappa shape index (κ3) is 4.02. The lowest BCUT2D eigenvalue weighted by molar-refractivity contribution is -0.107. The smallest absolute Gasteiger partial charge is 0.107 e. The van der Waals surface area contributed by atoms with Gasteiger partial charge in [-0.1, -0.05) is 67.1 Å². The lowest BCUT2D eigenvalue weighted by Crippen LogP contribution is -2.52. The Morgan fingerprint density at radius 2 is 1.57 bits per heavy atom. The molecular weight excluding hydrogens is 376 g/mol. The van der Waals surface area contributed by atoms with Gasteiger partial charge in [-0.05, 0) is 41.2 Å². The van der Waals surface area contributed by atoms with Gasteiger partial charge in [0.1, 0.15) is 6.10 Å². The maximum atomic E-state index is 10.6. The highest BCUT2D eigenvalue weighted by atomic mass is 35.5. The van der Waals surface area contributed by atoms with E-state index < -0.39 is 30.1 Å². The quantitative estimate of drug-likeness (QED) is 0.580. The van der Waals surface area contributed by atoms with E-state index in [1.54, 1.807) is 12.1 Å². The molecule has 2 aromatic carbocycles. The second kappa shape index (κ2) is 8.76. The molecular formula is C23H27ClO4. The van der Waals surface area contributed by atoms with Crippen LogP contribution in [0.5, 0.6) is 0 Å². The number of aliphatic hydroxyl groups is 4. The average Bonchev–Trinajstić information content (AvgIpc) is 2.70. The minimum absolute atomic E-state index is 0.343. The largest absolute Gasteiger partial charge is 0.396 e. The second-order valence-corrected chi connectivity index (χ2v) is 7.92. The van der Waals surface area contributed by atoms with Crippen molar-refractivity contribution < 1.29 is 20.4 Å². The monoisotopic (exact) mass is 402 g/mol. The van der Waals surface area contributed by atoms with Crippen molar-refractivity contribution in [1.29, 1.82) is 0 Å². The van der Waals surface area contributed by atoms with Gasteiger partial charge in [0.25, 0.3) is 0 Å². The van der Waals surface area contributed by atoms with E-state index in [1.165, 1.54) is 5.56 Å². The maximum Gasteiger partial charge on any atom is 0.107 e. The van der Waals surface area contributed by atoms with Crippen LogP contribution >= 0.6 is 11.6 Å². The molecule has 5 heteroatoms. The number of benzene rings is 2. The predicted molar refractivity (Wildman–Crippen MR) is 111 cm³/mol. The van der Waals surface area contributed by atoms with E-state index >= 15 is 0 Å². The summed E-state index contributed by atoms with van der Waals surface area (Å²) in [5, 5.41) is 41.1. The summed E-state index contributed by atoms with van der Waals surface area (Å²) in [6.45, 7) is 5.76. The van der Waals surface area contributed by atoms with Crippen LogP contribution in [0.25, 0.3) is 0 Å². The van der Waals surface area contributed by atoms with E-state index in [9.17, 15) is 20.4 Å². The van der Waals surface area contributed by atoms with Gasteiger partial charge in [-0.3, -0.25) is 0 Å². The van der Waals surface area contributed by atoms with E-state index in [1.807, 2.05) is 6.07 Å². The summed E-state index contributed by atoms with van der Waals surface area (Å²) in [6, 6.07) is 13.8. The first-order chi connectivity index (χ1) is 13.4. The number of hydrogen-bond acceptors (Lipinski definition) is 4. The molecule has 0 saturated heterocycles. The molecule has 0 aliphatic heterocycles. The lowest BCUT2D eigenvalue weighted by Gasteiger charge is -2.42. The molecule has 1 saturated carbocycles. The molecule has 0 unspecified atom stereocenters. The molecule has 4 N–H and O–H groups in total. The van der Waals surface area contributed by atoms with Crippen molar-refractivity contribution in [3.05, 3.63) is 81.9 Å². The van der Waals surface area contributed by atoms with Crippen LogP contribution in [-0.2, 0) is 12.8 Å². The third-order valence-corrected chi connectivity index (χ3v) is 6.15. The van der Waals surface area contributed by atoms with E-state index in [0.717, 1.165) is 23.1 Å². The summed E-state index contributed by atoms with van der Waals surface area (Å²) in [5.41, 5.74) is 4.57. The van der Waals surface area contributed by atoms with Gasteiger partial charge < -0.3 is 20.4 Å². The van der Waals surface area contributed by atoms with Crippen LogP contribution in [0.2, 0.25) is 5.02 Å². The van der Waals surface area contributed by atoms with Gasteiger partial charge in [-0.25, -0.2) is 0 Å². The molecule has 0 bridgehead atoms. The van der Waals surface area contributed by atoms with E-state index in [2.05, 4.69) is 37.8 Å². The van der Waals surface area contributed by atoms with Crippen molar-refractivity contribution >= 4 is 11.6 Å². The van der Waals surface area contributed by atoms with Gasteiger partial charge in [0.05, 0.1) is 18.8 Å². The molecule has 1 fully saturated rings. The van der Waals surface area contributed by atoms with Crippen LogP contribution in [0.1, 0.15) is 35.1 Å². The van der Waals surface area contributed by atoms with Crippen LogP contribution in [0.4, 0.5) is 0 Å². The van der Waals surface area contributed by atoms with Crippen LogP contribution in [0.3, 0.4) is 0 Å². The molecule has 28 heavy (non-hydrogen) atoms. The SMILES string of the molecule is C=C1[C@H](CO)[C@@H](O)[C@H](O)[C@@H](O)[C@@H]1c1ccc(Cl)c(Cc2ccc(CC)cc2)c1. The Morgan fingerprint density at radius 3 is 2.18 bits per heavy atom. The Labute approximate surface area is 170 Å². The highest BCUT2D eigenvalue weighted by molar-refractivity contribution is 6.31. The zero-order chi connectivity index (χ0) is 20.4. The van der Waals surface area contributed by atoms with E-state index in [-0.39, 0.29) is 6.61 Å². The van der Waals surface area contributed by atoms with Gasteiger partial charge in [0.2, 0.25) is 0 Å². The molecule has 5 atom stereocenters. The Bertz CT molecular complexity index is 833. The van der Waals surface area contributed by atoms with Gasteiger partial charge in [-0.15, -0.1) is 0 Å². The second-order valence-electron chi connectivity index (χ2n) is 7.51. The molecule has 3 rings (SSSR count). The molecule has 0 heterocycles. The van der Waals surface area contributed by atoms with Crippen molar-refractivity contribution in [2.45, 2.75) is 44.0 Å².